The number of benzene rings is 1. The van der Waals surface area contributed by atoms with E-state index in [1.54, 1.807) is 11.8 Å². The van der Waals surface area contributed by atoms with Gasteiger partial charge in [-0.15, -0.1) is 0 Å². The summed E-state index contributed by atoms with van der Waals surface area (Å²) in [7, 11) is 0. The summed E-state index contributed by atoms with van der Waals surface area (Å²) in [4.78, 5) is 4.37. The van der Waals surface area contributed by atoms with Crippen LogP contribution in [-0.4, -0.2) is 17.0 Å². The number of hydrogen-bond donors (Lipinski definition) is 2. The van der Waals surface area contributed by atoms with Crippen LogP contribution in [0, 0.1) is 0 Å². The van der Waals surface area contributed by atoms with Gasteiger partial charge in [-0.3, -0.25) is 4.99 Å². The molecule has 1 aliphatic rings. The van der Waals surface area contributed by atoms with Gasteiger partial charge in [0.1, 0.15) is 0 Å². The van der Waals surface area contributed by atoms with Crippen LogP contribution in [-0.2, 0) is 0 Å². The molecule has 1 heterocycles. The number of hydrogen-bond acceptors (Lipinski definition) is 4. The van der Waals surface area contributed by atoms with E-state index in [9.17, 15) is 0 Å². The van der Waals surface area contributed by atoms with Gasteiger partial charge >= 0.3 is 0 Å². The van der Waals surface area contributed by atoms with E-state index in [0.717, 1.165) is 23.1 Å². The Bertz CT molecular complexity index is 362. The standard InChI is InChI=1S/C10H13N3S/c1-7-6-12-10(14-7)13-9-5-3-2-4-8(9)11/h2-5,7H,6,11H2,1H3,(H,12,13)/t7-/m1/s1. The molecule has 0 radical (unpaired) electrons. The maximum absolute atomic E-state index is 5.81. The molecule has 4 heteroatoms. The predicted molar refractivity (Wildman–Crippen MR) is 63.8 cm³/mol. The lowest BCUT2D eigenvalue weighted by Gasteiger charge is -2.07. The molecule has 0 amide bonds. The van der Waals surface area contributed by atoms with Crippen molar-refractivity contribution in [1.82, 2.24) is 0 Å². The van der Waals surface area contributed by atoms with Crippen molar-refractivity contribution in [3.63, 3.8) is 0 Å². The number of amidine groups is 1. The monoisotopic (exact) mass is 207 g/mol. The van der Waals surface area contributed by atoms with Gasteiger partial charge < -0.3 is 11.1 Å². The van der Waals surface area contributed by atoms with Crippen molar-refractivity contribution in [2.75, 3.05) is 17.6 Å². The SMILES string of the molecule is C[C@@H]1CN=C(Nc2ccccc2N)S1. The smallest absolute Gasteiger partial charge is 0.161 e. The van der Waals surface area contributed by atoms with Gasteiger partial charge in [-0.25, -0.2) is 0 Å². The first-order valence-corrected chi connectivity index (χ1v) is 5.46. The van der Waals surface area contributed by atoms with Crippen LogP contribution in [0.1, 0.15) is 6.92 Å². The number of rotatable bonds is 1. The molecule has 1 atom stereocenters. The first-order chi connectivity index (χ1) is 6.75. The number of nitrogens with zero attached hydrogens (tertiary/aromatic N) is 1. The van der Waals surface area contributed by atoms with Crippen LogP contribution in [0.2, 0.25) is 0 Å². The molecule has 14 heavy (non-hydrogen) atoms. The van der Waals surface area contributed by atoms with Crippen molar-refractivity contribution in [3.8, 4) is 0 Å². The Balaban J connectivity index is 2.08. The molecular weight excluding hydrogens is 194 g/mol. The predicted octanol–water partition coefficient (Wildman–Crippen LogP) is 2.17. The molecular formula is C10H13N3S. The zero-order valence-corrected chi connectivity index (χ0v) is 8.84. The summed E-state index contributed by atoms with van der Waals surface area (Å²) in [6.07, 6.45) is 0. The molecule has 0 aromatic heterocycles. The fourth-order valence-electron chi connectivity index (χ4n) is 1.27. The zero-order chi connectivity index (χ0) is 9.97. The van der Waals surface area contributed by atoms with Gasteiger partial charge in [0.05, 0.1) is 17.9 Å². The highest BCUT2D eigenvalue weighted by molar-refractivity contribution is 8.15. The zero-order valence-electron chi connectivity index (χ0n) is 8.03. The maximum Gasteiger partial charge on any atom is 0.161 e. The molecule has 0 saturated carbocycles. The van der Waals surface area contributed by atoms with E-state index in [1.165, 1.54) is 0 Å². The second-order valence-electron chi connectivity index (χ2n) is 3.29. The summed E-state index contributed by atoms with van der Waals surface area (Å²) in [6.45, 7) is 3.05. The third kappa shape index (κ3) is 2.01. The van der Waals surface area contributed by atoms with Crippen molar-refractivity contribution in [2.24, 2.45) is 4.99 Å². The normalized spacial score (nSPS) is 20.6. The summed E-state index contributed by atoms with van der Waals surface area (Å²) in [5, 5.41) is 4.77. The van der Waals surface area contributed by atoms with Gasteiger partial charge in [0.25, 0.3) is 0 Å². The minimum Gasteiger partial charge on any atom is -0.397 e. The molecule has 0 unspecified atom stereocenters. The Morgan fingerprint density at radius 3 is 2.93 bits per heavy atom. The molecule has 3 N–H and O–H groups in total. The quantitative estimate of drug-likeness (QED) is 0.694. The second kappa shape index (κ2) is 3.92. The molecule has 0 saturated heterocycles. The van der Waals surface area contributed by atoms with Crippen molar-refractivity contribution in [2.45, 2.75) is 12.2 Å². The van der Waals surface area contributed by atoms with Gasteiger partial charge in [0.2, 0.25) is 0 Å². The number of anilines is 2. The molecule has 1 aromatic carbocycles. The van der Waals surface area contributed by atoms with Crippen molar-refractivity contribution in [3.05, 3.63) is 24.3 Å². The van der Waals surface area contributed by atoms with Crippen molar-refractivity contribution in [1.29, 1.82) is 0 Å². The number of aliphatic imine (C=N–C) groups is 1. The van der Waals surface area contributed by atoms with Crippen LogP contribution >= 0.6 is 11.8 Å². The van der Waals surface area contributed by atoms with Gasteiger partial charge in [-0.05, 0) is 12.1 Å². The molecule has 74 valence electrons. The molecule has 1 aromatic rings. The Labute approximate surface area is 87.8 Å². The average Bonchev–Trinajstić information content (AvgIpc) is 2.56. The average molecular weight is 207 g/mol. The van der Waals surface area contributed by atoms with Crippen LogP contribution in [0.15, 0.2) is 29.3 Å². The molecule has 0 spiro atoms. The largest absolute Gasteiger partial charge is 0.397 e. The summed E-state index contributed by atoms with van der Waals surface area (Å²) in [5.41, 5.74) is 7.50. The van der Waals surface area contributed by atoms with E-state index in [-0.39, 0.29) is 0 Å². The highest BCUT2D eigenvalue weighted by Gasteiger charge is 2.15. The van der Waals surface area contributed by atoms with Gasteiger partial charge in [0.15, 0.2) is 5.17 Å². The molecule has 0 fully saturated rings. The van der Waals surface area contributed by atoms with E-state index in [1.807, 2.05) is 24.3 Å². The first-order valence-electron chi connectivity index (χ1n) is 4.58. The van der Waals surface area contributed by atoms with Crippen LogP contribution in [0.4, 0.5) is 11.4 Å². The summed E-state index contributed by atoms with van der Waals surface area (Å²) in [6, 6.07) is 7.72. The molecule has 3 nitrogen and oxygen atoms in total. The summed E-state index contributed by atoms with van der Waals surface area (Å²) >= 11 is 1.75. The Kier molecular flexibility index (Phi) is 2.63. The first kappa shape index (κ1) is 9.40. The fraction of sp³-hybridized carbons (Fsp3) is 0.300. The van der Waals surface area contributed by atoms with Crippen LogP contribution in [0.5, 0.6) is 0 Å². The minimum absolute atomic E-state index is 0.572. The minimum atomic E-state index is 0.572. The lowest BCUT2D eigenvalue weighted by molar-refractivity contribution is 0.976. The topological polar surface area (TPSA) is 50.4 Å². The number of nitrogens with two attached hydrogens (primary N) is 1. The van der Waals surface area contributed by atoms with Crippen LogP contribution in [0.3, 0.4) is 0 Å². The number of nitrogen functional groups attached to an aromatic ring is 1. The Morgan fingerprint density at radius 2 is 2.29 bits per heavy atom. The number of thioether (sulfide) groups is 1. The maximum atomic E-state index is 5.81. The summed E-state index contributed by atoms with van der Waals surface area (Å²) in [5.74, 6) is 0. The van der Waals surface area contributed by atoms with Gasteiger partial charge in [-0.1, -0.05) is 30.8 Å². The third-order valence-corrected chi connectivity index (χ3v) is 3.01. The second-order valence-corrected chi connectivity index (χ2v) is 4.71. The fourth-order valence-corrected chi connectivity index (χ4v) is 2.12. The lowest BCUT2D eigenvalue weighted by Crippen LogP contribution is -2.07. The van der Waals surface area contributed by atoms with Crippen LogP contribution < -0.4 is 11.1 Å². The van der Waals surface area contributed by atoms with E-state index < -0.39 is 0 Å². The van der Waals surface area contributed by atoms with Crippen LogP contribution in [0.25, 0.3) is 0 Å². The Morgan fingerprint density at radius 1 is 1.50 bits per heavy atom. The van der Waals surface area contributed by atoms with E-state index in [2.05, 4.69) is 17.2 Å². The highest BCUT2D eigenvalue weighted by atomic mass is 32.2. The number of nitrogens with one attached hydrogen (secondary N) is 1. The highest BCUT2D eigenvalue weighted by Crippen LogP contribution is 2.24. The molecule has 1 aliphatic heterocycles. The molecule has 0 aliphatic carbocycles. The molecule has 2 rings (SSSR count). The number of para-hydroxylation sites is 2. The van der Waals surface area contributed by atoms with Gasteiger partial charge in [-0.2, -0.15) is 0 Å². The van der Waals surface area contributed by atoms with Crippen molar-refractivity contribution < 1.29 is 0 Å². The van der Waals surface area contributed by atoms with E-state index >= 15 is 0 Å². The van der Waals surface area contributed by atoms with Crippen molar-refractivity contribution >= 4 is 28.3 Å². The van der Waals surface area contributed by atoms with E-state index in [4.69, 9.17) is 5.73 Å². The van der Waals surface area contributed by atoms with Gasteiger partial charge in [0, 0.05) is 5.25 Å². The lowest BCUT2D eigenvalue weighted by atomic mass is 10.3. The van der Waals surface area contributed by atoms with E-state index in [0.29, 0.717) is 5.25 Å². The third-order valence-electron chi connectivity index (χ3n) is 2.01. The molecule has 0 bridgehead atoms. The summed E-state index contributed by atoms with van der Waals surface area (Å²) < 4.78 is 0. The Hall–Kier alpha value is -1.16.